The monoisotopic (exact) mass is 486 g/mol. The standard InChI is InChI=1S/C26H29F3N4O2/c1-3-21-23(20-8-11-30-16-22(20)32(21)2)24(34)31-15-17-14-25(17)9-12-33(13-10-25)18-4-6-19(7-5-18)35-26(27,28)29/h4-8,11,16-17H,3,9-10,12-15H2,1-2H3,(H,31,34). The summed E-state index contributed by atoms with van der Waals surface area (Å²) in [6.07, 6.45) is 2.71. The van der Waals surface area contributed by atoms with Crippen molar-refractivity contribution in [3.8, 4) is 5.75 Å². The second-order valence-corrected chi connectivity index (χ2v) is 9.63. The summed E-state index contributed by atoms with van der Waals surface area (Å²) in [7, 11) is 1.97. The first-order valence-corrected chi connectivity index (χ1v) is 12.0. The van der Waals surface area contributed by atoms with Crippen molar-refractivity contribution in [2.75, 3.05) is 24.5 Å². The van der Waals surface area contributed by atoms with Crippen molar-refractivity contribution in [3.05, 3.63) is 54.0 Å². The molecule has 1 aliphatic carbocycles. The summed E-state index contributed by atoms with van der Waals surface area (Å²) in [4.78, 5) is 19.6. The molecule has 0 bridgehead atoms. The minimum absolute atomic E-state index is 0.0284. The fourth-order valence-electron chi connectivity index (χ4n) is 5.71. The third-order valence-electron chi connectivity index (χ3n) is 7.75. The molecule has 3 heterocycles. The minimum Gasteiger partial charge on any atom is -0.406 e. The quantitative estimate of drug-likeness (QED) is 0.529. The fourth-order valence-corrected chi connectivity index (χ4v) is 5.71. The van der Waals surface area contributed by atoms with Crippen molar-refractivity contribution in [3.63, 3.8) is 0 Å². The topological polar surface area (TPSA) is 59.4 Å². The first-order valence-electron chi connectivity index (χ1n) is 12.0. The van der Waals surface area contributed by atoms with Crippen LogP contribution in [0, 0.1) is 11.3 Å². The van der Waals surface area contributed by atoms with Crippen molar-refractivity contribution < 1.29 is 22.7 Å². The zero-order chi connectivity index (χ0) is 24.8. The van der Waals surface area contributed by atoms with Crippen LogP contribution in [0.25, 0.3) is 10.9 Å². The lowest BCUT2D eigenvalue weighted by Crippen LogP contribution is -2.36. The van der Waals surface area contributed by atoms with Gasteiger partial charge in [-0.1, -0.05) is 6.92 Å². The van der Waals surface area contributed by atoms with Crippen LogP contribution in [-0.2, 0) is 13.5 Å². The number of benzene rings is 1. The number of fused-ring (bicyclic) bond motifs is 1. The van der Waals surface area contributed by atoms with Crippen LogP contribution in [0.2, 0.25) is 0 Å². The molecular formula is C26H29F3N4O2. The number of anilines is 1. The number of aryl methyl sites for hydroxylation is 1. The van der Waals surface area contributed by atoms with Crippen LogP contribution in [-0.4, -0.2) is 41.5 Å². The maximum atomic E-state index is 13.2. The van der Waals surface area contributed by atoms with Gasteiger partial charge in [0, 0.05) is 49.6 Å². The van der Waals surface area contributed by atoms with Crippen molar-refractivity contribution >= 4 is 22.5 Å². The number of piperidine rings is 1. The lowest BCUT2D eigenvalue weighted by molar-refractivity contribution is -0.274. The van der Waals surface area contributed by atoms with E-state index in [1.165, 1.54) is 12.1 Å². The highest BCUT2D eigenvalue weighted by Crippen LogP contribution is 2.59. The third-order valence-corrected chi connectivity index (χ3v) is 7.75. The van der Waals surface area contributed by atoms with Gasteiger partial charge in [0.2, 0.25) is 0 Å². The average Bonchev–Trinajstić information content (AvgIpc) is 3.42. The highest BCUT2D eigenvalue weighted by molar-refractivity contribution is 6.08. The summed E-state index contributed by atoms with van der Waals surface area (Å²) in [5.74, 6) is 0.221. The van der Waals surface area contributed by atoms with Gasteiger partial charge in [0.1, 0.15) is 5.75 Å². The summed E-state index contributed by atoms with van der Waals surface area (Å²) in [6, 6.07) is 7.97. The van der Waals surface area contributed by atoms with Crippen molar-refractivity contribution in [1.82, 2.24) is 14.9 Å². The van der Waals surface area contributed by atoms with E-state index in [1.807, 2.05) is 17.7 Å². The Morgan fingerprint density at radius 3 is 2.57 bits per heavy atom. The molecule has 1 unspecified atom stereocenters. The second-order valence-electron chi connectivity index (χ2n) is 9.63. The SMILES string of the molecule is CCc1c(C(=O)NCC2CC23CCN(c2ccc(OC(F)(F)F)cc2)CC3)c2ccncc2n1C. The second kappa shape index (κ2) is 8.77. The van der Waals surface area contributed by atoms with Crippen LogP contribution in [0.5, 0.6) is 5.75 Å². The van der Waals surface area contributed by atoms with Gasteiger partial charge in [0.15, 0.2) is 0 Å². The molecule has 3 aromatic rings. The normalized spacial score (nSPS) is 19.2. The Labute approximate surface area is 202 Å². The van der Waals surface area contributed by atoms with E-state index in [-0.39, 0.29) is 17.1 Å². The predicted molar refractivity (Wildman–Crippen MR) is 128 cm³/mol. The molecule has 1 saturated heterocycles. The van der Waals surface area contributed by atoms with Crippen molar-refractivity contribution in [1.29, 1.82) is 0 Å². The Bertz CT molecular complexity index is 1230. The number of nitrogens with one attached hydrogen (secondary N) is 1. The summed E-state index contributed by atoms with van der Waals surface area (Å²) in [6.45, 7) is 4.41. The maximum Gasteiger partial charge on any atom is 0.573 e. The van der Waals surface area contributed by atoms with Gasteiger partial charge in [-0.3, -0.25) is 9.78 Å². The number of aromatic nitrogens is 2. The molecule has 9 heteroatoms. The molecule has 1 N–H and O–H groups in total. The fraction of sp³-hybridized carbons (Fsp3) is 0.462. The number of amides is 1. The van der Waals surface area contributed by atoms with E-state index in [0.717, 1.165) is 66.6 Å². The predicted octanol–water partition coefficient (Wildman–Crippen LogP) is 5.07. The van der Waals surface area contributed by atoms with E-state index < -0.39 is 6.36 Å². The van der Waals surface area contributed by atoms with Crippen molar-refractivity contribution in [2.24, 2.45) is 18.4 Å². The molecule has 35 heavy (non-hydrogen) atoms. The number of hydrogen-bond donors (Lipinski definition) is 1. The third kappa shape index (κ3) is 4.56. The molecule has 1 spiro atoms. The maximum absolute atomic E-state index is 13.2. The van der Waals surface area contributed by atoms with Gasteiger partial charge in [-0.2, -0.15) is 0 Å². The van der Waals surface area contributed by atoms with Gasteiger partial charge < -0.3 is 19.5 Å². The number of halogens is 3. The lowest BCUT2D eigenvalue weighted by Gasteiger charge is -2.34. The summed E-state index contributed by atoms with van der Waals surface area (Å²) in [5, 5.41) is 4.12. The summed E-state index contributed by atoms with van der Waals surface area (Å²) in [5.41, 5.74) is 3.87. The van der Waals surface area contributed by atoms with Crippen LogP contribution in [0.4, 0.5) is 18.9 Å². The summed E-state index contributed by atoms with van der Waals surface area (Å²) >= 11 is 0. The number of rotatable bonds is 6. The first kappa shape index (κ1) is 23.5. The van der Waals surface area contributed by atoms with E-state index >= 15 is 0 Å². The van der Waals surface area contributed by atoms with Gasteiger partial charge >= 0.3 is 6.36 Å². The van der Waals surface area contributed by atoms with E-state index in [0.29, 0.717) is 12.5 Å². The van der Waals surface area contributed by atoms with Crippen LogP contribution >= 0.6 is 0 Å². The largest absolute Gasteiger partial charge is 0.573 e. The number of nitrogens with zero attached hydrogens (tertiary/aromatic N) is 3. The van der Waals surface area contributed by atoms with E-state index in [4.69, 9.17) is 0 Å². The van der Waals surface area contributed by atoms with E-state index in [9.17, 15) is 18.0 Å². The van der Waals surface area contributed by atoms with Crippen LogP contribution < -0.4 is 15.0 Å². The van der Waals surface area contributed by atoms with Crippen molar-refractivity contribution in [2.45, 2.75) is 39.0 Å². The summed E-state index contributed by atoms with van der Waals surface area (Å²) < 4.78 is 43.2. The number of carbonyl (C=O) groups is 1. The molecule has 1 aliphatic heterocycles. The highest BCUT2D eigenvalue weighted by atomic mass is 19.4. The zero-order valence-corrected chi connectivity index (χ0v) is 19.9. The molecule has 0 radical (unpaired) electrons. The zero-order valence-electron chi connectivity index (χ0n) is 19.9. The van der Waals surface area contributed by atoms with E-state index in [2.05, 4.69) is 26.9 Å². The van der Waals surface area contributed by atoms with Crippen LogP contribution in [0.3, 0.4) is 0 Å². The van der Waals surface area contributed by atoms with Gasteiger partial charge in [0.25, 0.3) is 5.91 Å². The van der Waals surface area contributed by atoms with Crippen LogP contribution in [0.15, 0.2) is 42.7 Å². The number of carbonyl (C=O) groups excluding carboxylic acids is 1. The van der Waals surface area contributed by atoms with Gasteiger partial charge in [0.05, 0.1) is 17.3 Å². The Hall–Kier alpha value is -3.23. The minimum atomic E-state index is -4.68. The number of pyridine rings is 1. The highest BCUT2D eigenvalue weighted by Gasteiger charge is 2.54. The molecule has 1 saturated carbocycles. The molecule has 186 valence electrons. The number of ether oxygens (including phenoxy) is 1. The molecular weight excluding hydrogens is 457 g/mol. The lowest BCUT2D eigenvalue weighted by atomic mass is 9.90. The smallest absolute Gasteiger partial charge is 0.406 e. The van der Waals surface area contributed by atoms with E-state index in [1.54, 1.807) is 24.5 Å². The van der Waals surface area contributed by atoms with Crippen LogP contribution in [0.1, 0.15) is 42.2 Å². The molecule has 2 aliphatic rings. The molecule has 2 fully saturated rings. The van der Waals surface area contributed by atoms with Gasteiger partial charge in [-0.05, 0) is 67.3 Å². The Balaban J connectivity index is 1.17. The molecule has 1 aromatic carbocycles. The number of alkyl halides is 3. The van der Waals surface area contributed by atoms with Gasteiger partial charge in [-0.15, -0.1) is 13.2 Å². The Morgan fingerprint density at radius 1 is 1.20 bits per heavy atom. The molecule has 1 amide bonds. The Kier molecular flexibility index (Phi) is 5.89. The molecule has 5 rings (SSSR count). The molecule has 2 aromatic heterocycles. The number of hydrogen-bond acceptors (Lipinski definition) is 4. The Morgan fingerprint density at radius 2 is 1.91 bits per heavy atom. The molecule has 1 atom stereocenters. The molecule has 6 nitrogen and oxygen atoms in total. The van der Waals surface area contributed by atoms with Gasteiger partial charge in [-0.25, -0.2) is 0 Å². The first-order chi connectivity index (χ1) is 16.7. The average molecular weight is 487 g/mol.